The molecule has 9 heteroatoms. The zero-order chi connectivity index (χ0) is 17.6. The van der Waals surface area contributed by atoms with Gasteiger partial charge in [0, 0.05) is 25.1 Å². The Kier molecular flexibility index (Phi) is 8.24. The summed E-state index contributed by atoms with van der Waals surface area (Å²) in [5.74, 6) is 1.06. The highest BCUT2D eigenvalue weighted by atomic mass is 35.5. The zero-order valence-electron chi connectivity index (χ0n) is 14.4. The Bertz CT molecular complexity index is 788. The second-order valence-electron chi connectivity index (χ2n) is 5.35. The van der Waals surface area contributed by atoms with Crippen molar-refractivity contribution in [2.45, 2.75) is 31.2 Å². The fourth-order valence-corrected chi connectivity index (χ4v) is 3.03. The molecule has 0 aliphatic rings. The molecule has 1 aromatic carbocycles. The molecule has 1 unspecified atom stereocenters. The molecule has 1 heterocycles. The van der Waals surface area contributed by atoms with Crippen molar-refractivity contribution in [3.63, 3.8) is 0 Å². The van der Waals surface area contributed by atoms with E-state index in [1.807, 2.05) is 14.0 Å². The fraction of sp³-hybridized carbons (Fsp3) is 0.375. The third-order valence-corrected chi connectivity index (χ3v) is 4.97. The van der Waals surface area contributed by atoms with Crippen LogP contribution in [-0.4, -0.2) is 38.2 Å². The van der Waals surface area contributed by atoms with Crippen molar-refractivity contribution < 1.29 is 12.9 Å². The van der Waals surface area contributed by atoms with Gasteiger partial charge in [0.05, 0.1) is 4.90 Å². The van der Waals surface area contributed by atoms with Crippen LogP contribution in [0.1, 0.15) is 31.1 Å². The minimum atomic E-state index is -3.43. The van der Waals surface area contributed by atoms with E-state index in [9.17, 15) is 8.42 Å². The summed E-state index contributed by atoms with van der Waals surface area (Å²) in [5.41, 5.74) is 0.841. The van der Waals surface area contributed by atoms with E-state index in [-0.39, 0.29) is 23.3 Å². The molecule has 138 valence electrons. The highest BCUT2D eigenvalue weighted by Crippen LogP contribution is 2.13. The average Bonchev–Trinajstić information content (AvgIpc) is 3.00. The molecule has 0 radical (unpaired) electrons. The lowest BCUT2D eigenvalue weighted by Crippen LogP contribution is -2.24. The number of likely N-dealkylation sites (N-methyl/N-ethyl adjacent to an activating group) is 1. The number of nitrogens with one attached hydrogen (secondary N) is 2. The number of halogens is 1. The van der Waals surface area contributed by atoms with Gasteiger partial charge in [-0.2, -0.15) is 4.98 Å². The SMILES string of the molecule is CCNS(=O)(=O)c1ccc(/C=C/c2nc(CC(C)NC)no2)cc1.Cl. The number of sulfonamides is 1. The van der Waals surface area contributed by atoms with Gasteiger partial charge in [-0.05, 0) is 37.7 Å². The number of hydrogen-bond acceptors (Lipinski definition) is 6. The van der Waals surface area contributed by atoms with Crippen LogP contribution in [0.2, 0.25) is 0 Å². The van der Waals surface area contributed by atoms with Crippen LogP contribution in [-0.2, 0) is 16.4 Å². The quantitative estimate of drug-likeness (QED) is 0.721. The van der Waals surface area contributed by atoms with Gasteiger partial charge < -0.3 is 9.84 Å². The largest absolute Gasteiger partial charge is 0.335 e. The lowest BCUT2D eigenvalue weighted by Gasteiger charge is -2.04. The molecule has 0 aliphatic carbocycles. The van der Waals surface area contributed by atoms with Gasteiger partial charge in [0.25, 0.3) is 5.89 Å². The summed E-state index contributed by atoms with van der Waals surface area (Å²) in [6, 6.07) is 6.84. The summed E-state index contributed by atoms with van der Waals surface area (Å²) in [7, 11) is -1.55. The summed E-state index contributed by atoms with van der Waals surface area (Å²) in [4.78, 5) is 4.52. The van der Waals surface area contributed by atoms with Crippen LogP contribution >= 0.6 is 12.4 Å². The molecule has 2 aromatic rings. The molecular formula is C16H23ClN4O3S. The van der Waals surface area contributed by atoms with E-state index in [0.29, 0.717) is 24.7 Å². The number of nitrogens with zero attached hydrogens (tertiary/aromatic N) is 2. The second kappa shape index (κ2) is 9.67. The highest BCUT2D eigenvalue weighted by molar-refractivity contribution is 7.89. The van der Waals surface area contributed by atoms with Gasteiger partial charge in [0.2, 0.25) is 10.0 Å². The maximum atomic E-state index is 11.9. The minimum Gasteiger partial charge on any atom is -0.335 e. The van der Waals surface area contributed by atoms with E-state index in [2.05, 4.69) is 20.2 Å². The van der Waals surface area contributed by atoms with Crippen LogP contribution < -0.4 is 10.0 Å². The monoisotopic (exact) mass is 386 g/mol. The van der Waals surface area contributed by atoms with Gasteiger partial charge in [0.15, 0.2) is 5.82 Å². The van der Waals surface area contributed by atoms with Crippen LogP contribution in [0.4, 0.5) is 0 Å². The molecule has 0 bridgehead atoms. The Balaban J connectivity index is 0.00000312. The lowest BCUT2D eigenvalue weighted by atomic mass is 10.2. The topological polar surface area (TPSA) is 97.1 Å². The van der Waals surface area contributed by atoms with Gasteiger partial charge in [-0.25, -0.2) is 13.1 Å². The molecule has 2 N–H and O–H groups in total. The van der Waals surface area contributed by atoms with E-state index in [4.69, 9.17) is 4.52 Å². The van der Waals surface area contributed by atoms with Crippen LogP contribution in [0.3, 0.4) is 0 Å². The minimum absolute atomic E-state index is 0. The molecular weight excluding hydrogens is 364 g/mol. The van der Waals surface area contributed by atoms with Crippen LogP contribution in [0, 0.1) is 0 Å². The Morgan fingerprint density at radius 2 is 1.92 bits per heavy atom. The van der Waals surface area contributed by atoms with Crippen molar-refractivity contribution in [2.24, 2.45) is 0 Å². The molecule has 0 aliphatic heterocycles. The van der Waals surface area contributed by atoms with Crippen molar-refractivity contribution in [3.8, 4) is 0 Å². The molecule has 0 saturated heterocycles. The summed E-state index contributed by atoms with van der Waals surface area (Å²) in [6.45, 7) is 4.13. The molecule has 0 saturated carbocycles. The first kappa shape index (κ1) is 21.3. The van der Waals surface area contributed by atoms with Crippen molar-refractivity contribution in [1.82, 2.24) is 20.2 Å². The predicted molar refractivity (Wildman–Crippen MR) is 100 cm³/mol. The van der Waals surface area contributed by atoms with E-state index in [0.717, 1.165) is 5.56 Å². The first-order valence-corrected chi connectivity index (χ1v) is 9.20. The van der Waals surface area contributed by atoms with Crippen molar-refractivity contribution in [1.29, 1.82) is 0 Å². The predicted octanol–water partition coefficient (Wildman–Crippen LogP) is 2.11. The third kappa shape index (κ3) is 6.24. The van der Waals surface area contributed by atoms with E-state index < -0.39 is 10.0 Å². The number of aromatic nitrogens is 2. The van der Waals surface area contributed by atoms with Gasteiger partial charge >= 0.3 is 0 Å². The second-order valence-corrected chi connectivity index (χ2v) is 7.11. The smallest absolute Gasteiger partial charge is 0.250 e. The average molecular weight is 387 g/mol. The normalized spacial score (nSPS) is 12.9. The number of hydrogen-bond donors (Lipinski definition) is 2. The Morgan fingerprint density at radius 1 is 1.24 bits per heavy atom. The van der Waals surface area contributed by atoms with Gasteiger partial charge in [-0.15, -0.1) is 12.4 Å². The van der Waals surface area contributed by atoms with E-state index >= 15 is 0 Å². The first-order chi connectivity index (χ1) is 11.4. The Hall–Kier alpha value is -1.74. The number of benzene rings is 1. The molecule has 2 rings (SSSR count). The van der Waals surface area contributed by atoms with Crippen LogP contribution in [0.5, 0.6) is 0 Å². The van der Waals surface area contributed by atoms with Gasteiger partial charge in [0.1, 0.15) is 0 Å². The molecule has 1 aromatic heterocycles. The summed E-state index contributed by atoms with van der Waals surface area (Å²) in [6.07, 6.45) is 4.18. The third-order valence-electron chi connectivity index (χ3n) is 3.41. The van der Waals surface area contributed by atoms with Crippen LogP contribution in [0.25, 0.3) is 12.2 Å². The van der Waals surface area contributed by atoms with Crippen molar-refractivity contribution in [3.05, 3.63) is 41.5 Å². The lowest BCUT2D eigenvalue weighted by molar-refractivity contribution is 0.400. The standard InChI is InChI=1S/C16H22N4O3S.ClH/c1-4-18-24(21,22)14-8-5-13(6-9-14)7-10-16-19-15(20-23-16)11-12(2)17-3;/h5-10,12,17-18H,4,11H2,1-3H3;1H/b10-7+;. The molecule has 1 atom stereocenters. The summed E-state index contributed by atoms with van der Waals surface area (Å²) in [5, 5.41) is 7.03. The molecule has 0 amide bonds. The molecule has 25 heavy (non-hydrogen) atoms. The Morgan fingerprint density at radius 3 is 2.52 bits per heavy atom. The molecule has 0 spiro atoms. The van der Waals surface area contributed by atoms with Crippen molar-refractivity contribution in [2.75, 3.05) is 13.6 Å². The van der Waals surface area contributed by atoms with E-state index in [1.54, 1.807) is 43.3 Å². The first-order valence-electron chi connectivity index (χ1n) is 7.72. The van der Waals surface area contributed by atoms with Gasteiger partial charge in [-0.3, -0.25) is 0 Å². The fourth-order valence-electron chi connectivity index (χ4n) is 1.99. The zero-order valence-corrected chi connectivity index (χ0v) is 16.0. The molecule has 0 fully saturated rings. The molecule has 7 nitrogen and oxygen atoms in total. The maximum absolute atomic E-state index is 11.9. The number of rotatable bonds is 8. The highest BCUT2D eigenvalue weighted by Gasteiger charge is 2.11. The van der Waals surface area contributed by atoms with E-state index in [1.165, 1.54) is 0 Å². The summed E-state index contributed by atoms with van der Waals surface area (Å²) < 4.78 is 31.4. The van der Waals surface area contributed by atoms with Gasteiger partial charge in [-0.1, -0.05) is 24.2 Å². The Labute approximate surface area is 154 Å². The van der Waals surface area contributed by atoms with Crippen LogP contribution in [0.15, 0.2) is 33.7 Å². The van der Waals surface area contributed by atoms with Crippen molar-refractivity contribution >= 4 is 34.6 Å². The maximum Gasteiger partial charge on any atom is 0.250 e. The summed E-state index contributed by atoms with van der Waals surface area (Å²) >= 11 is 0.